The van der Waals surface area contributed by atoms with E-state index in [0.29, 0.717) is 21.5 Å². The van der Waals surface area contributed by atoms with Gasteiger partial charge in [0.05, 0.1) is 50.5 Å². The summed E-state index contributed by atoms with van der Waals surface area (Å²) >= 11 is 0. The molecule has 0 saturated carbocycles. The summed E-state index contributed by atoms with van der Waals surface area (Å²) in [5, 5.41) is 32.6. The van der Waals surface area contributed by atoms with E-state index in [1.165, 1.54) is 31.3 Å². The zero-order valence-electron chi connectivity index (χ0n) is 23.4. The molecule has 4 bridgehead atoms. The number of anilines is 2. The van der Waals surface area contributed by atoms with Gasteiger partial charge in [0.1, 0.15) is 12.1 Å². The number of hydrogen-bond acceptors (Lipinski definition) is 12. The molecule has 6 amide bonds. The molecule has 0 aliphatic carbocycles. The maximum Gasteiger partial charge on any atom is 0.442 e. The molecule has 240 valence electrons. The van der Waals surface area contributed by atoms with Crippen molar-refractivity contribution < 1.29 is 46.4 Å². The minimum absolute atomic E-state index is 0.0667. The van der Waals surface area contributed by atoms with Crippen molar-refractivity contribution >= 4 is 57.3 Å². The number of amides is 6. The minimum atomic E-state index is -4.97. The lowest BCUT2D eigenvalue weighted by atomic mass is 10.2. The van der Waals surface area contributed by atoms with Crippen molar-refractivity contribution in [1.29, 1.82) is 0 Å². The molecule has 0 radical (unpaired) electrons. The summed E-state index contributed by atoms with van der Waals surface area (Å²) < 4.78 is 38.9. The second-order valence-electron chi connectivity index (χ2n) is 10.3. The molecule has 4 aliphatic rings. The SMILES string of the molecule is O=C(CCO)Nc1ccn(C2=CC3CN(C2)C(=O)N3OS(=O)(=O)ON2C(=O)N3CC(n4ccc(NC(=O)CCO)n4)=CC2C3)n1. The third-order valence-electron chi connectivity index (χ3n) is 7.13. The number of nitrogens with one attached hydrogen (secondary N) is 2. The van der Waals surface area contributed by atoms with E-state index >= 15 is 0 Å². The van der Waals surface area contributed by atoms with Crippen LogP contribution in [0.2, 0.25) is 0 Å². The quantitative estimate of drug-likeness (QED) is 0.205. The van der Waals surface area contributed by atoms with Crippen LogP contribution in [0.25, 0.3) is 11.4 Å². The van der Waals surface area contributed by atoms with E-state index < -0.39 is 46.4 Å². The maximum atomic E-state index is 13.0. The predicted molar refractivity (Wildman–Crippen MR) is 150 cm³/mol. The second kappa shape index (κ2) is 11.9. The van der Waals surface area contributed by atoms with Gasteiger partial charge >= 0.3 is 22.5 Å². The van der Waals surface area contributed by atoms with Crippen LogP contribution in [-0.2, 0) is 28.6 Å². The highest BCUT2D eigenvalue weighted by atomic mass is 32.3. The van der Waals surface area contributed by atoms with Crippen LogP contribution in [0.5, 0.6) is 0 Å². The lowest BCUT2D eigenvalue weighted by molar-refractivity contribution is -0.117. The summed E-state index contributed by atoms with van der Waals surface area (Å²) in [6, 6.07) is -0.130. The van der Waals surface area contributed by atoms with E-state index in [-0.39, 0.29) is 63.9 Å². The highest BCUT2D eigenvalue weighted by Gasteiger charge is 2.47. The Hall–Kier alpha value is -4.83. The first kappa shape index (κ1) is 30.2. The molecule has 6 heterocycles. The number of rotatable bonds is 12. The van der Waals surface area contributed by atoms with Crippen molar-refractivity contribution in [3.8, 4) is 0 Å². The Bertz CT molecular complexity index is 1580. The molecule has 21 heteroatoms. The number of aromatic nitrogens is 4. The summed E-state index contributed by atoms with van der Waals surface area (Å²) in [5.41, 5.74) is 1.02. The van der Waals surface area contributed by atoms with Crippen LogP contribution in [0.15, 0.2) is 36.7 Å². The molecule has 2 saturated heterocycles. The topological polar surface area (TPSA) is 234 Å². The van der Waals surface area contributed by atoms with Crippen molar-refractivity contribution in [2.45, 2.75) is 24.9 Å². The van der Waals surface area contributed by atoms with Crippen molar-refractivity contribution in [3.63, 3.8) is 0 Å². The molecule has 2 unspecified atom stereocenters. The average Bonchev–Trinajstić information content (AvgIpc) is 3.75. The van der Waals surface area contributed by atoms with Gasteiger partial charge in [-0.15, -0.1) is 8.57 Å². The van der Waals surface area contributed by atoms with Gasteiger partial charge in [-0.2, -0.15) is 28.7 Å². The lowest BCUT2D eigenvalue weighted by Gasteiger charge is -2.22. The molecular formula is C24H28N10O10S. The molecule has 4 N–H and O–H groups in total. The first-order chi connectivity index (χ1) is 21.5. The molecule has 0 spiro atoms. The fraction of sp³-hybridized carbons (Fsp3) is 0.417. The number of carbonyl (C=O) groups excluding carboxylic acids is 4. The number of hydrogen-bond donors (Lipinski definition) is 4. The third-order valence-corrected chi connectivity index (χ3v) is 7.82. The molecule has 0 aromatic carbocycles. The third kappa shape index (κ3) is 6.23. The van der Waals surface area contributed by atoms with Gasteiger partial charge < -0.3 is 30.6 Å². The summed E-state index contributed by atoms with van der Waals surface area (Å²) in [6.07, 6.45) is 6.08. The van der Waals surface area contributed by atoms with Gasteiger partial charge in [-0.3, -0.25) is 9.59 Å². The Labute approximate surface area is 254 Å². The Kier molecular flexibility index (Phi) is 8.01. The Morgan fingerprint density at radius 1 is 0.800 bits per heavy atom. The number of nitrogens with zero attached hydrogens (tertiary/aromatic N) is 8. The molecule has 45 heavy (non-hydrogen) atoms. The summed E-state index contributed by atoms with van der Waals surface area (Å²) in [5.74, 6) is -0.402. The van der Waals surface area contributed by atoms with E-state index in [9.17, 15) is 27.6 Å². The maximum absolute atomic E-state index is 13.0. The Morgan fingerprint density at radius 2 is 1.22 bits per heavy atom. The number of fused-ring (bicyclic) bond motifs is 4. The van der Waals surface area contributed by atoms with Crippen LogP contribution in [0, 0.1) is 0 Å². The summed E-state index contributed by atoms with van der Waals surface area (Å²) in [6.45, 7) is -0.256. The molecule has 2 atom stereocenters. The number of aliphatic hydroxyl groups excluding tert-OH is 2. The fourth-order valence-corrected chi connectivity index (χ4v) is 5.93. The average molecular weight is 649 g/mol. The molecule has 4 aliphatic heterocycles. The second-order valence-corrected chi connectivity index (χ2v) is 11.4. The molecule has 2 fully saturated rings. The van der Waals surface area contributed by atoms with Crippen molar-refractivity contribution in [2.24, 2.45) is 0 Å². The number of aliphatic hydroxyl groups is 2. The van der Waals surface area contributed by atoms with Crippen LogP contribution >= 0.6 is 0 Å². The number of hydroxylamine groups is 4. The molecule has 6 rings (SSSR count). The monoisotopic (exact) mass is 648 g/mol. The Balaban J connectivity index is 1.12. The minimum Gasteiger partial charge on any atom is -0.396 e. The highest BCUT2D eigenvalue weighted by molar-refractivity contribution is 7.81. The van der Waals surface area contributed by atoms with Gasteiger partial charge in [-0.25, -0.2) is 19.0 Å². The normalized spacial score (nSPS) is 20.9. The lowest BCUT2D eigenvalue weighted by Crippen LogP contribution is -2.40. The van der Waals surface area contributed by atoms with E-state index in [4.69, 9.17) is 18.8 Å². The first-order valence-corrected chi connectivity index (χ1v) is 15.0. The van der Waals surface area contributed by atoms with Gasteiger partial charge in [0.25, 0.3) is 0 Å². The van der Waals surface area contributed by atoms with Crippen molar-refractivity contribution in [2.75, 3.05) is 50.0 Å². The fourth-order valence-electron chi connectivity index (χ4n) is 5.16. The summed E-state index contributed by atoms with van der Waals surface area (Å²) in [7, 11) is -4.97. The van der Waals surface area contributed by atoms with Crippen LogP contribution < -0.4 is 10.6 Å². The molecule has 2 aromatic heterocycles. The van der Waals surface area contributed by atoms with Gasteiger partial charge in [-0.05, 0) is 12.2 Å². The number of carbonyl (C=O) groups is 4. The van der Waals surface area contributed by atoms with E-state index in [2.05, 4.69) is 20.8 Å². The zero-order valence-corrected chi connectivity index (χ0v) is 24.2. The van der Waals surface area contributed by atoms with Gasteiger partial charge in [-0.1, -0.05) is 0 Å². The summed E-state index contributed by atoms with van der Waals surface area (Å²) in [4.78, 5) is 52.1. The van der Waals surface area contributed by atoms with E-state index in [1.54, 1.807) is 24.5 Å². The van der Waals surface area contributed by atoms with Gasteiger partial charge in [0, 0.05) is 37.6 Å². The van der Waals surface area contributed by atoms with Crippen molar-refractivity contribution in [3.05, 3.63) is 36.7 Å². The van der Waals surface area contributed by atoms with Crippen LogP contribution in [0.4, 0.5) is 21.2 Å². The number of urea groups is 2. The largest absolute Gasteiger partial charge is 0.442 e. The first-order valence-electron chi connectivity index (χ1n) is 13.7. The van der Waals surface area contributed by atoms with E-state index in [1.807, 2.05) is 0 Å². The van der Waals surface area contributed by atoms with Crippen LogP contribution in [-0.4, -0.2) is 133 Å². The van der Waals surface area contributed by atoms with Crippen LogP contribution in [0.1, 0.15) is 12.8 Å². The molecule has 2 aromatic rings. The Morgan fingerprint density at radius 3 is 1.62 bits per heavy atom. The van der Waals surface area contributed by atoms with Gasteiger partial charge in [0.2, 0.25) is 11.8 Å². The van der Waals surface area contributed by atoms with Crippen LogP contribution in [0.3, 0.4) is 0 Å². The van der Waals surface area contributed by atoms with E-state index in [0.717, 1.165) is 0 Å². The molecule has 20 nitrogen and oxygen atoms in total. The zero-order chi connectivity index (χ0) is 31.9. The smallest absolute Gasteiger partial charge is 0.396 e. The van der Waals surface area contributed by atoms with Gasteiger partial charge in [0.15, 0.2) is 11.6 Å². The van der Waals surface area contributed by atoms with Crippen molar-refractivity contribution in [1.82, 2.24) is 39.5 Å². The standard InChI is InChI=1S/C24H28N10O10S/c35-7-3-21(37)25-19-1-5-31(27-19)15-9-17-13-29(11-15)23(39)33(17)43-45(41,42)44-34-18-10-16(12-30(14-18)24(34)40)32-6-2-20(28-32)26-22(38)4-8-36/h1-2,5-6,9-10,17-18,35-36H,3-4,7-8,11-14H2,(H,25,27,37)(H,26,28,38). The highest BCUT2D eigenvalue weighted by Crippen LogP contribution is 2.31. The molecular weight excluding hydrogens is 620 g/mol. The predicted octanol–water partition coefficient (Wildman–Crippen LogP) is -1.55.